The highest BCUT2D eigenvalue weighted by molar-refractivity contribution is 6.71. The fraction of sp³-hybridized carbons (Fsp3) is 0.333. The molecule has 0 fully saturated rings. The highest BCUT2D eigenvalue weighted by Crippen LogP contribution is 2.24. The predicted molar refractivity (Wildman–Crippen MR) is 50.4 cm³/mol. The van der Waals surface area contributed by atoms with E-state index in [1.165, 1.54) is 0 Å². The van der Waals surface area contributed by atoms with E-state index < -0.39 is 0 Å². The highest BCUT2D eigenvalue weighted by Gasteiger charge is 2.15. The van der Waals surface area contributed by atoms with Gasteiger partial charge in [-0.2, -0.15) is 0 Å². The molecule has 1 heterocycles. The van der Waals surface area contributed by atoms with Gasteiger partial charge in [-0.1, -0.05) is 37.6 Å². The van der Waals surface area contributed by atoms with Gasteiger partial charge in [-0.3, -0.25) is 4.79 Å². The van der Waals surface area contributed by atoms with Gasteiger partial charge in [0.1, 0.15) is 5.17 Å². The first-order valence-corrected chi connectivity index (χ1v) is 4.02. The third-order valence-electron chi connectivity index (χ3n) is 1.58. The molecule has 2 nitrogen and oxygen atoms in total. The molecule has 0 aromatic heterocycles. The van der Waals surface area contributed by atoms with Crippen molar-refractivity contribution in [3.05, 3.63) is 23.9 Å². The molecule has 0 aromatic rings. The highest BCUT2D eigenvalue weighted by atomic mass is 35.5. The lowest BCUT2D eigenvalue weighted by Crippen LogP contribution is -2.05. The average molecular weight is 184 g/mol. The summed E-state index contributed by atoms with van der Waals surface area (Å²) in [4.78, 5) is 14.4. The Bertz CT molecular complexity index is 287. The summed E-state index contributed by atoms with van der Waals surface area (Å²) in [5.41, 5.74) is 0.294. The molecule has 1 aliphatic rings. The van der Waals surface area contributed by atoms with Crippen molar-refractivity contribution in [1.29, 1.82) is 0 Å². The van der Waals surface area contributed by atoms with Crippen molar-refractivity contribution in [2.75, 3.05) is 0 Å². The van der Waals surface area contributed by atoms with Crippen LogP contribution in [-0.4, -0.2) is 11.5 Å². The second kappa shape index (κ2) is 3.23. The zero-order valence-electron chi connectivity index (χ0n) is 7.04. The molecule has 1 rings (SSSR count). The molecular formula is C9H10ClNO. The number of rotatable bonds is 1. The Hall–Kier alpha value is -0.890. The molecule has 0 N–H and O–H groups in total. The lowest BCUT2D eigenvalue weighted by Gasteiger charge is -2.12. The van der Waals surface area contributed by atoms with Crippen molar-refractivity contribution in [2.45, 2.75) is 13.8 Å². The summed E-state index contributed by atoms with van der Waals surface area (Å²) in [5, 5.41) is 0.256. The molecule has 64 valence electrons. The van der Waals surface area contributed by atoms with Gasteiger partial charge in [0, 0.05) is 17.2 Å². The van der Waals surface area contributed by atoms with E-state index in [1.54, 1.807) is 12.3 Å². The van der Waals surface area contributed by atoms with Gasteiger partial charge < -0.3 is 0 Å². The van der Waals surface area contributed by atoms with Gasteiger partial charge >= 0.3 is 0 Å². The monoisotopic (exact) mass is 183 g/mol. The van der Waals surface area contributed by atoms with Crippen molar-refractivity contribution >= 4 is 23.1 Å². The fourth-order valence-electron chi connectivity index (χ4n) is 0.960. The standard InChI is InChI=1S/C9H10ClNO/c1-9(2)3-4-11-8(10)7(5-9)6-12/h3-6H,1-2H3. The maximum absolute atomic E-state index is 10.5. The molecule has 12 heavy (non-hydrogen) atoms. The van der Waals surface area contributed by atoms with Crippen LogP contribution in [0.4, 0.5) is 0 Å². The van der Waals surface area contributed by atoms with Crippen LogP contribution >= 0.6 is 11.6 Å². The summed E-state index contributed by atoms with van der Waals surface area (Å²) in [6.45, 7) is 3.97. The number of aldehydes is 1. The van der Waals surface area contributed by atoms with E-state index in [9.17, 15) is 4.79 Å². The van der Waals surface area contributed by atoms with Crippen molar-refractivity contribution in [3.8, 4) is 0 Å². The minimum Gasteiger partial charge on any atom is -0.298 e. The Morgan fingerprint density at radius 2 is 2.25 bits per heavy atom. The smallest absolute Gasteiger partial charge is 0.152 e. The molecule has 0 amide bonds. The Kier molecular flexibility index (Phi) is 2.48. The summed E-state index contributed by atoms with van der Waals surface area (Å²) in [5.74, 6) is 0. The van der Waals surface area contributed by atoms with Gasteiger partial charge in [0.15, 0.2) is 6.29 Å². The normalized spacial score (nSPS) is 20.9. The van der Waals surface area contributed by atoms with E-state index in [0.29, 0.717) is 5.57 Å². The van der Waals surface area contributed by atoms with E-state index in [2.05, 4.69) is 4.99 Å². The van der Waals surface area contributed by atoms with Gasteiger partial charge in [-0.25, -0.2) is 4.99 Å². The van der Waals surface area contributed by atoms with Crippen LogP contribution in [0.3, 0.4) is 0 Å². The van der Waals surface area contributed by atoms with Gasteiger partial charge in [0.25, 0.3) is 0 Å². The topological polar surface area (TPSA) is 29.4 Å². The van der Waals surface area contributed by atoms with Crippen LogP contribution < -0.4 is 0 Å². The zero-order chi connectivity index (χ0) is 9.19. The van der Waals surface area contributed by atoms with Crippen molar-refractivity contribution < 1.29 is 4.79 Å². The number of hydrogen-bond acceptors (Lipinski definition) is 2. The Morgan fingerprint density at radius 3 is 2.83 bits per heavy atom. The number of allylic oxidation sites excluding steroid dienone is 3. The summed E-state index contributed by atoms with van der Waals surface area (Å²) in [6, 6.07) is 0. The molecule has 0 aromatic carbocycles. The Labute approximate surface area is 76.6 Å². The average Bonchev–Trinajstić information content (AvgIpc) is 2.10. The second-order valence-corrected chi connectivity index (χ2v) is 3.63. The molecule has 1 aliphatic heterocycles. The van der Waals surface area contributed by atoms with E-state index in [1.807, 2.05) is 19.9 Å². The third kappa shape index (κ3) is 2.05. The van der Waals surface area contributed by atoms with Crippen LogP contribution in [0.1, 0.15) is 13.8 Å². The maximum Gasteiger partial charge on any atom is 0.152 e. The number of carbonyl (C=O) groups is 1. The lowest BCUT2D eigenvalue weighted by molar-refractivity contribution is -0.104. The number of hydrogen-bond donors (Lipinski definition) is 0. The van der Waals surface area contributed by atoms with Crippen molar-refractivity contribution in [3.63, 3.8) is 0 Å². The van der Waals surface area contributed by atoms with Crippen LogP contribution in [0, 0.1) is 5.41 Å². The molecule has 0 spiro atoms. The largest absolute Gasteiger partial charge is 0.298 e. The Balaban J connectivity index is 3.11. The molecule has 0 unspecified atom stereocenters. The van der Waals surface area contributed by atoms with Crippen LogP contribution in [-0.2, 0) is 4.79 Å². The van der Waals surface area contributed by atoms with E-state index in [-0.39, 0.29) is 10.6 Å². The second-order valence-electron chi connectivity index (χ2n) is 3.27. The molecule has 3 heteroatoms. The molecular weight excluding hydrogens is 174 g/mol. The molecule has 0 saturated carbocycles. The molecule has 0 radical (unpaired) electrons. The molecule has 0 bridgehead atoms. The van der Waals surface area contributed by atoms with E-state index >= 15 is 0 Å². The summed E-state index contributed by atoms with van der Waals surface area (Å²) >= 11 is 5.71. The minimum atomic E-state index is -0.156. The fourth-order valence-corrected chi connectivity index (χ4v) is 1.12. The molecule has 0 aliphatic carbocycles. The van der Waals surface area contributed by atoms with E-state index in [4.69, 9.17) is 11.6 Å². The number of carbonyl (C=O) groups excluding carboxylic acids is 1. The Morgan fingerprint density at radius 1 is 1.58 bits per heavy atom. The van der Waals surface area contributed by atoms with Gasteiger partial charge in [0.2, 0.25) is 0 Å². The van der Waals surface area contributed by atoms with Crippen LogP contribution in [0.2, 0.25) is 0 Å². The van der Waals surface area contributed by atoms with Gasteiger partial charge in [0.05, 0.1) is 0 Å². The van der Waals surface area contributed by atoms with Crippen molar-refractivity contribution in [2.24, 2.45) is 10.4 Å². The lowest BCUT2D eigenvalue weighted by atomic mass is 9.91. The van der Waals surface area contributed by atoms with Gasteiger partial charge in [-0.15, -0.1) is 0 Å². The van der Waals surface area contributed by atoms with Crippen molar-refractivity contribution in [1.82, 2.24) is 0 Å². The van der Waals surface area contributed by atoms with E-state index in [0.717, 1.165) is 6.29 Å². The summed E-state index contributed by atoms with van der Waals surface area (Å²) in [6.07, 6.45) is 6.04. The first-order chi connectivity index (χ1) is 5.55. The van der Waals surface area contributed by atoms with Crippen LogP contribution in [0.5, 0.6) is 0 Å². The van der Waals surface area contributed by atoms with Crippen LogP contribution in [0.25, 0.3) is 0 Å². The predicted octanol–water partition coefficient (Wildman–Crippen LogP) is 2.30. The SMILES string of the molecule is CC1(C)C=CN=C(Cl)C(C=O)=C1. The van der Waals surface area contributed by atoms with Crippen LogP contribution in [0.15, 0.2) is 28.9 Å². The third-order valence-corrected chi connectivity index (χ3v) is 1.90. The number of halogens is 1. The number of nitrogens with zero attached hydrogens (tertiary/aromatic N) is 1. The first kappa shape index (κ1) is 9.20. The minimum absolute atomic E-state index is 0.156. The summed E-state index contributed by atoms with van der Waals surface area (Å²) < 4.78 is 0. The molecule has 0 saturated heterocycles. The van der Waals surface area contributed by atoms with Gasteiger partial charge in [-0.05, 0) is 0 Å². The molecule has 0 atom stereocenters. The maximum atomic E-state index is 10.5. The summed E-state index contributed by atoms with van der Waals surface area (Å²) in [7, 11) is 0. The first-order valence-electron chi connectivity index (χ1n) is 3.64. The number of aliphatic imine (C=N–C) groups is 1. The quantitative estimate of drug-likeness (QED) is 0.574. The zero-order valence-corrected chi connectivity index (χ0v) is 7.80.